The maximum atomic E-state index is 12.9. The van der Waals surface area contributed by atoms with E-state index in [4.69, 9.17) is 20.0 Å². The molecule has 3 N–H and O–H groups in total. The second-order valence-electron chi connectivity index (χ2n) is 7.09. The quantitative estimate of drug-likeness (QED) is 0.112. The molecule has 1 aromatic heterocycles. The first-order valence-electron chi connectivity index (χ1n) is 10.7. The fourth-order valence-electron chi connectivity index (χ4n) is 3.06. The highest BCUT2D eigenvalue weighted by molar-refractivity contribution is 8.00. The normalized spacial score (nSPS) is 20.1. The number of thioether (sulfide) groups is 1. The van der Waals surface area contributed by atoms with Gasteiger partial charge in [0.05, 0.1) is 6.61 Å². The Hall–Kier alpha value is -3.33. The molecular weight excluding hydrogens is 502 g/mol. The lowest BCUT2D eigenvalue weighted by Crippen LogP contribution is -2.70. The zero-order valence-corrected chi connectivity index (χ0v) is 20.8. The highest BCUT2D eigenvalue weighted by Crippen LogP contribution is 2.38. The lowest BCUT2D eigenvalue weighted by Gasteiger charge is -2.48. The lowest BCUT2D eigenvalue weighted by molar-refractivity contribution is -0.168. The molecule has 13 nitrogen and oxygen atoms in total. The summed E-state index contributed by atoms with van der Waals surface area (Å²) in [6.45, 7) is 5.23. The first-order chi connectivity index (χ1) is 16.8. The number of hydrogen-bond acceptors (Lipinski definition) is 13. The number of nitrogens with one attached hydrogen (secondary N) is 1. The number of amides is 2. The van der Waals surface area contributed by atoms with Crippen molar-refractivity contribution in [2.75, 3.05) is 24.7 Å². The number of anilines is 1. The molecule has 3 atom stereocenters. The number of hydrogen-bond donors (Lipinski definition) is 2. The van der Waals surface area contributed by atoms with E-state index in [1.54, 1.807) is 12.3 Å². The fourth-order valence-corrected chi connectivity index (χ4v) is 4.81. The minimum Gasteiger partial charge on any atom is -0.435 e. The average molecular weight is 528 g/mol. The molecule has 3 rings (SSSR count). The lowest BCUT2D eigenvalue weighted by atomic mass is 10.0. The molecule has 2 aliphatic rings. The first kappa shape index (κ1) is 26.3. The van der Waals surface area contributed by atoms with Crippen LogP contribution in [0.4, 0.5) is 9.93 Å². The van der Waals surface area contributed by atoms with Crippen molar-refractivity contribution in [2.24, 2.45) is 5.16 Å². The Kier molecular flexibility index (Phi) is 8.92. The minimum atomic E-state index is -1.23. The summed E-state index contributed by atoms with van der Waals surface area (Å²) in [5.41, 5.74) is 5.78. The van der Waals surface area contributed by atoms with Crippen LogP contribution in [-0.4, -0.2) is 76.2 Å². The number of fused-ring (bicyclic) bond motifs is 1. The molecule has 0 radical (unpaired) electrons. The number of carbonyl (C=O) groups excluding carboxylic acids is 4. The second kappa shape index (κ2) is 11.9. The molecule has 1 saturated heterocycles. The molecule has 0 saturated carbocycles. The predicted octanol–water partition coefficient (Wildman–Crippen LogP) is 1.20. The van der Waals surface area contributed by atoms with E-state index in [9.17, 15) is 19.2 Å². The number of carbonyl (C=O) groups is 4. The molecular formula is C20H25N5O8S2. The highest BCUT2D eigenvalue weighted by atomic mass is 32.2. The van der Waals surface area contributed by atoms with Gasteiger partial charge in [0.15, 0.2) is 10.8 Å². The molecule has 1 aromatic rings. The Labute approximate surface area is 209 Å². The number of esters is 1. The van der Waals surface area contributed by atoms with Gasteiger partial charge in [-0.05, 0) is 19.4 Å². The number of aromatic nitrogens is 1. The van der Waals surface area contributed by atoms with Gasteiger partial charge in [-0.2, -0.15) is 0 Å². The summed E-state index contributed by atoms with van der Waals surface area (Å²) in [4.78, 5) is 60.2. The van der Waals surface area contributed by atoms with Crippen LogP contribution in [0.15, 0.2) is 22.3 Å². The fraction of sp³-hybridized carbons (Fsp3) is 0.500. The van der Waals surface area contributed by atoms with Crippen LogP contribution in [0.5, 0.6) is 0 Å². The number of β-lactam (4-membered cyclic amide) rings is 1. The van der Waals surface area contributed by atoms with Crippen molar-refractivity contribution in [2.45, 2.75) is 44.9 Å². The zero-order chi connectivity index (χ0) is 25.5. The molecule has 15 heteroatoms. The largest absolute Gasteiger partial charge is 0.511 e. The third-order valence-electron chi connectivity index (χ3n) is 4.57. The summed E-state index contributed by atoms with van der Waals surface area (Å²) in [5, 5.41) is 7.78. The molecule has 1 fully saturated rings. The monoisotopic (exact) mass is 527 g/mol. The molecule has 2 unspecified atom stereocenters. The molecule has 190 valence electrons. The topological polar surface area (TPSA) is 172 Å². The van der Waals surface area contributed by atoms with Gasteiger partial charge in [-0.3, -0.25) is 14.5 Å². The standard InChI is InChI=1S/C20H25N5O8S2/c1-4-7-31-24-13(11-9-35-19(21)22-11)15(26)23-14-16(27)25-12(6-8-34-17(14)25)18(28)32-10(3)33-20(29)30-5-2/h6,9-10,14,17H,4-5,7-8H2,1-3H3,(H2,21,22)(H,23,26)/t10?,14?,17-/m0/s1. The van der Waals surface area contributed by atoms with Gasteiger partial charge in [0.2, 0.25) is 6.29 Å². The van der Waals surface area contributed by atoms with Crippen molar-refractivity contribution in [3.8, 4) is 0 Å². The number of nitrogens with two attached hydrogens (primary N) is 1. The number of nitrogen functional groups attached to an aromatic ring is 1. The molecule has 0 aromatic carbocycles. The second-order valence-corrected chi connectivity index (χ2v) is 9.13. The van der Waals surface area contributed by atoms with Gasteiger partial charge in [0, 0.05) is 18.1 Å². The molecule has 3 heterocycles. The van der Waals surface area contributed by atoms with E-state index in [1.165, 1.54) is 29.7 Å². The number of ether oxygens (including phenoxy) is 3. The van der Waals surface area contributed by atoms with Gasteiger partial charge in [-0.15, -0.1) is 23.1 Å². The van der Waals surface area contributed by atoms with Gasteiger partial charge in [0.1, 0.15) is 29.4 Å². The van der Waals surface area contributed by atoms with Crippen molar-refractivity contribution in [1.82, 2.24) is 15.2 Å². The summed E-state index contributed by atoms with van der Waals surface area (Å²) >= 11 is 2.49. The van der Waals surface area contributed by atoms with Crippen molar-refractivity contribution in [1.29, 1.82) is 0 Å². The summed E-state index contributed by atoms with van der Waals surface area (Å²) in [6, 6.07) is -0.912. The zero-order valence-electron chi connectivity index (χ0n) is 19.2. The van der Waals surface area contributed by atoms with Gasteiger partial charge >= 0.3 is 12.1 Å². The Balaban J connectivity index is 1.65. The van der Waals surface area contributed by atoms with E-state index in [-0.39, 0.29) is 28.8 Å². The third kappa shape index (κ3) is 6.22. The van der Waals surface area contributed by atoms with E-state index in [2.05, 4.69) is 20.2 Å². The Morgan fingerprint density at radius 3 is 2.77 bits per heavy atom. The number of thiazole rings is 1. The van der Waals surface area contributed by atoms with Gasteiger partial charge in [0.25, 0.3) is 11.8 Å². The van der Waals surface area contributed by atoms with Crippen molar-refractivity contribution in [3.05, 3.63) is 22.8 Å². The van der Waals surface area contributed by atoms with E-state index < -0.39 is 41.6 Å². The van der Waals surface area contributed by atoms with Crippen LogP contribution < -0.4 is 11.1 Å². The maximum Gasteiger partial charge on any atom is 0.511 e. The van der Waals surface area contributed by atoms with Crippen molar-refractivity contribution in [3.63, 3.8) is 0 Å². The number of nitrogens with zero attached hydrogens (tertiary/aromatic N) is 3. The van der Waals surface area contributed by atoms with Gasteiger partial charge < -0.3 is 30.1 Å². The van der Waals surface area contributed by atoms with Crippen LogP contribution >= 0.6 is 23.1 Å². The minimum absolute atomic E-state index is 0.00370. The Morgan fingerprint density at radius 2 is 2.11 bits per heavy atom. The molecule has 35 heavy (non-hydrogen) atoms. The molecule has 0 spiro atoms. The summed E-state index contributed by atoms with van der Waals surface area (Å²) < 4.78 is 14.5. The SMILES string of the molecule is CCCON=C(C(=O)NC1C(=O)N2C(C(=O)OC(C)OC(=O)OCC)=CCS[C@@H]12)c1csc(N)n1. The highest BCUT2D eigenvalue weighted by Gasteiger charge is 2.53. The molecule has 0 bridgehead atoms. The summed E-state index contributed by atoms with van der Waals surface area (Å²) in [5.74, 6) is -1.63. The molecule has 2 aliphatic heterocycles. The third-order valence-corrected chi connectivity index (χ3v) is 6.43. The van der Waals surface area contributed by atoms with Crippen LogP contribution in [0.1, 0.15) is 32.9 Å². The van der Waals surface area contributed by atoms with E-state index >= 15 is 0 Å². The number of rotatable bonds is 10. The van der Waals surface area contributed by atoms with Crippen molar-refractivity contribution >= 4 is 57.9 Å². The van der Waals surface area contributed by atoms with Gasteiger partial charge in [-0.25, -0.2) is 14.6 Å². The predicted molar refractivity (Wildman–Crippen MR) is 126 cm³/mol. The van der Waals surface area contributed by atoms with Crippen LogP contribution in [0.2, 0.25) is 0 Å². The number of oxime groups is 1. The van der Waals surface area contributed by atoms with Crippen LogP contribution in [0.25, 0.3) is 0 Å². The summed E-state index contributed by atoms with van der Waals surface area (Å²) in [7, 11) is 0. The van der Waals surface area contributed by atoms with Crippen LogP contribution in [0, 0.1) is 0 Å². The van der Waals surface area contributed by atoms with Crippen LogP contribution in [0.3, 0.4) is 0 Å². The average Bonchev–Trinajstić information content (AvgIpc) is 3.25. The summed E-state index contributed by atoms with van der Waals surface area (Å²) in [6.07, 6.45) is -0.000104. The van der Waals surface area contributed by atoms with Crippen LogP contribution in [-0.2, 0) is 33.4 Å². The Bertz CT molecular complexity index is 1040. The van der Waals surface area contributed by atoms with E-state index in [0.29, 0.717) is 18.8 Å². The van der Waals surface area contributed by atoms with Gasteiger partial charge in [-0.1, -0.05) is 12.1 Å². The molecule has 2 amide bonds. The smallest absolute Gasteiger partial charge is 0.435 e. The van der Waals surface area contributed by atoms with E-state index in [1.807, 2.05) is 6.92 Å². The van der Waals surface area contributed by atoms with Crippen molar-refractivity contribution < 1.29 is 38.2 Å². The van der Waals surface area contributed by atoms with E-state index in [0.717, 1.165) is 11.3 Å². The molecule has 0 aliphatic carbocycles. The first-order valence-corrected chi connectivity index (χ1v) is 12.6. The Morgan fingerprint density at radius 1 is 1.34 bits per heavy atom. The maximum absolute atomic E-state index is 12.9.